The van der Waals surface area contributed by atoms with Crippen molar-refractivity contribution in [1.82, 2.24) is 20.3 Å². The van der Waals surface area contributed by atoms with Gasteiger partial charge in [-0.2, -0.15) is 4.80 Å². The number of hydrogen-bond donors (Lipinski definition) is 2. The van der Waals surface area contributed by atoms with Crippen LogP contribution in [0.4, 0.5) is 5.69 Å². The summed E-state index contributed by atoms with van der Waals surface area (Å²) in [4.78, 5) is 13.7. The fourth-order valence-corrected chi connectivity index (χ4v) is 3.37. The number of nitrogens with zero attached hydrogens (tertiary/aromatic N) is 3. The van der Waals surface area contributed by atoms with Gasteiger partial charge in [-0.25, -0.2) is 0 Å². The summed E-state index contributed by atoms with van der Waals surface area (Å²) in [5, 5.41) is 15.0. The highest BCUT2D eigenvalue weighted by Gasteiger charge is 2.11. The molecule has 8 nitrogen and oxygen atoms in total. The van der Waals surface area contributed by atoms with Crippen LogP contribution in [0.15, 0.2) is 66.7 Å². The third-order valence-corrected chi connectivity index (χ3v) is 4.92. The SMILES string of the molecule is CCOc1ccc(-n2nc3cc(C)c(NC(=S)NC(=O)COc4ccccc4)cc3n2)cc1. The van der Waals surface area contributed by atoms with Crippen molar-refractivity contribution in [2.45, 2.75) is 13.8 Å². The summed E-state index contributed by atoms with van der Waals surface area (Å²) in [6.45, 7) is 4.35. The van der Waals surface area contributed by atoms with Gasteiger partial charge in [0.05, 0.1) is 12.3 Å². The largest absolute Gasteiger partial charge is 0.494 e. The second kappa shape index (κ2) is 10.1. The number of thiocarbonyl (C=S) groups is 1. The van der Waals surface area contributed by atoms with Gasteiger partial charge in [-0.15, -0.1) is 10.2 Å². The number of para-hydroxylation sites is 1. The van der Waals surface area contributed by atoms with Crippen LogP contribution in [0.1, 0.15) is 12.5 Å². The van der Waals surface area contributed by atoms with E-state index >= 15 is 0 Å². The molecule has 0 saturated carbocycles. The molecule has 0 aliphatic heterocycles. The molecule has 0 atom stereocenters. The number of amides is 1. The number of rotatable bonds is 7. The van der Waals surface area contributed by atoms with Crippen LogP contribution in [0.25, 0.3) is 16.7 Å². The van der Waals surface area contributed by atoms with Gasteiger partial charge in [-0.3, -0.25) is 10.1 Å². The van der Waals surface area contributed by atoms with Crippen molar-refractivity contribution in [3.05, 3.63) is 72.3 Å². The Morgan fingerprint density at radius 2 is 1.64 bits per heavy atom. The highest BCUT2D eigenvalue weighted by atomic mass is 32.1. The molecule has 0 saturated heterocycles. The Hall–Kier alpha value is -3.98. The molecule has 1 aromatic heterocycles. The molecule has 0 bridgehead atoms. The van der Waals surface area contributed by atoms with Crippen LogP contribution in [0.5, 0.6) is 11.5 Å². The summed E-state index contributed by atoms with van der Waals surface area (Å²) in [5.74, 6) is 1.06. The van der Waals surface area contributed by atoms with Crippen LogP contribution in [0, 0.1) is 6.92 Å². The summed E-state index contributed by atoms with van der Waals surface area (Å²) < 4.78 is 10.9. The normalized spacial score (nSPS) is 10.6. The topological polar surface area (TPSA) is 90.3 Å². The molecule has 33 heavy (non-hydrogen) atoms. The minimum absolute atomic E-state index is 0.139. The fraction of sp³-hybridized carbons (Fsp3) is 0.167. The van der Waals surface area contributed by atoms with Crippen molar-refractivity contribution >= 4 is 40.0 Å². The first-order valence-corrected chi connectivity index (χ1v) is 10.8. The van der Waals surface area contributed by atoms with Crippen LogP contribution in [0.3, 0.4) is 0 Å². The molecular formula is C24H23N5O3S. The second-order valence-corrected chi connectivity index (χ2v) is 7.58. The molecule has 4 aromatic rings. The van der Waals surface area contributed by atoms with E-state index in [-0.39, 0.29) is 17.6 Å². The summed E-state index contributed by atoms with van der Waals surface area (Å²) >= 11 is 5.29. The van der Waals surface area contributed by atoms with Gasteiger partial charge in [0.15, 0.2) is 11.7 Å². The molecule has 9 heteroatoms. The molecule has 0 unspecified atom stereocenters. The zero-order valence-corrected chi connectivity index (χ0v) is 19.1. The molecule has 4 rings (SSSR count). The van der Waals surface area contributed by atoms with Crippen LogP contribution < -0.4 is 20.1 Å². The van der Waals surface area contributed by atoms with E-state index in [2.05, 4.69) is 20.8 Å². The number of nitrogens with one attached hydrogen (secondary N) is 2. The maximum atomic E-state index is 12.1. The van der Waals surface area contributed by atoms with Crippen molar-refractivity contribution in [3.63, 3.8) is 0 Å². The average Bonchev–Trinajstić information content (AvgIpc) is 3.22. The van der Waals surface area contributed by atoms with E-state index in [1.807, 2.05) is 68.4 Å². The number of carbonyl (C=O) groups is 1. The minimum atomic E-state index is -0.350. The molecule has 2 N–H and O–H groups in total. The lowest BCUT2D eigenvalue weighted by molar-refractivity contribution is -0.121. The van der Waals surface area contributed by atoms with E-state index < -0.39 is 0 Å². The van der Waals surface area contributed by atoms with E-state index in [0.717, 1.165) is 28.2 Å². The number of benzene rings is 3. The Kier molecular flexibility index (Phi) is 6.80. The van der Waals surface area contributed by atoms with Crippen LogP contribution in [-0.2, 0) is 4.79 Å². The maximum Gasteiger partial charge on any atom is 0.264 e. The van der Waals surface area contributed by atoms with Gasteiger partial charge in [0, 0.05) is 5.69 Å². The molecule has 0 aliphatic rings. The number of aromatic nitrogens is 3. The molecule has 0 spiro atoms. The number of fused-ring (bicyclic) bond motifs is 1. The lowest BCUT2D eigenvalue weighted by Gasteiger charge is -2.12. The molecule has 0 fully saturated rings. The van der Waals surface area contributed by atoms with Crippen LogP contribution in [0.2, 0.25) is 0 Å². The van der Waals surface area contributed by atoms with E-state index in [9.17, 15) is 4.79 Å². The predicted molar refractivity (Wildman–Crippen MR) is 131 cm³/mol. The lowest BCUT2D eigenvalue weighted by Crippen LogP contribution is -2.37. The van der Waals surface area contributed by atoms with Gasteiger partial charge in [0.1, 0.15) is 22.5 Å². The van der Waals surface area contributed by atoms with E-state index in [0.29, 0.717) is 17.9 Å². The fourth-order valence-electron chi connectivity index (χ4n) is 3.14. The first-order chi connectivity index (χ1) is 16.0. The minimum Gasteiger partial charge on any atom is -0.494 e. The Balaban J connectivity index is 1.41. The van der Waals surface area contributed by atoms with Crippen molar-refractivity contribution < 1.29 is 14.3 Å². The number of anilines is 1. The standard InChI is InChI=1S/C24H23N5O3S/c1-3-31-19-11-9-17(10-12-19)29-27-21-13-16(2)20(14-22(21)28-29)25-24(33)26-23(30)15-32-18-7-5-4-6-8-18/h4-14H,3,15H2,1-2H3,(H2,25,26,30,33). The summed E-state index contributed by atoms with van der Waals surface area (Å²) in [5.41, 5.74) is 3.91. The molecule has 1 heterocycles. The van der Waals surface area contributed by atoms with Crippen LogP contribution in [-0.4, -0.2) is 39.2 Å². The number of aryl methyl sites for hydroxylation is 1. The van der Waals surface area contributed by atoms with E-state index in [1.165, 1.54) is 0 Å². The van der Waals surface area contributed by atoms with Crippen LogP contribution >= 0.6 is 12.2 Å². The number of hydrogen-bond acceptors (Lipinski definition) is 6. The van der Waals surface area contributed by atoms with Gasteiger partial charge in [-0.05, 0) is 80.2 Å². The van der Waals surface area contributed by atoms with Crippen molar-refractivity contribution in [1.29, 1.82) is 0 Å². The Bertz CT molecular complexity index is 1270. The molecule has 0 radical (unpaired) electrons. The van der Waals surface area contributed by atoms with Gasteiger partial charge in [0.2, 0.25) is 0 Å². The van der Waals surface area contributed by atoms with Crippen molar-refractivity contribution in [2.24, 2.45) is 0 Å². The second-order valence-electron chi connectivity index (χ2n) is 7.18. The molecule has 0 aliphatic carbocycles. The predicted octanol–water partition coefficient (Wildman–Crippen LogP) is 4.02. The third kappa shape index (κ3) is 5.64. The monoisotopic (exact) mass is 461 g/mol. The quantitative estimate of drug-likeness (QED) is 0.402. The van der Waals surface area contributed by atoms with E-state index in [4.69, 9.17) is 21.7 Å². The zero-order valence-electron chi connectivity index (χ0n) is 18.2. The highest BCUT2D eigenvalue weighted by molar-refractivity contribution is 7.80. The summed E-state index contributed by atoms with van der Waals surface area (Å²) in [6, 6.07) is 20.4. The first kappa shape index (κ1) is 22.2. The van der Waals surface area contributed by atoms with Crippen molar-refractivity contribution in [2.75, 3.05) is 18.5 Å². The van der Waals surface area contributed by atoms with Gasteiger partial charge >= 0.3 is 0 Å². The van der Waals surface area contributed by atoms with Gasteiger partial charge < -0.3 is 14.8 Å². The summed E-state index contributed by atoms with van der Waals surface area (Å²) in [7, 11) is 0. The lowest BCUT2D eigenvalue weighted by atomic mass is 10.2. The molecular weight excluding hydrogens is 438 g/mol. The number of carbonyl (C=O) groups excluding carboxylic acids is 1. The van der Waals surface area contributed by atoms with E-state index in [1.54, 1.807) is 16.9 Å². The van der Waals surface area contributed by atoms with Gasteiger partial charge in [-0.1, -0.05) is 18.2 Å². The summed E-state index contributed by atoms with van der Waals surface area (Å²) in [6.07, 6.45) is 0. The molecule has 168 valence electrons. The molecule has 3 aromatic carbocycles. The number of ether oxygens (including phenoxy) is 2. The van der Waals surface area contributed by atoms with Gasteiger partial charge in [0.25, 0.3) is 5.91 Å². The molecule has 1 amide bonds. The van der Waals surface area contributed by atoms with Crippen molar-refractivity contribution in [3.8, 4) is 17.2 Å². The zero-order chi connectivity index (χ0) is 23.2. The smallest absolute Gasteiger partial charge is 0.264 e. The maximum absolute atomic E-state index is 12.1. The Labute approximate surface area is 196 Å². The third-order valence-electron chi connectivity index (χ3n) is 4.72. The average molecular weight is 462 g/mol. The first-order valence-electron chi connectivity index (χ1n) is 10.4. The highest BCUT2D eigenvalue weighted by Crippen LogP contribution is 2.23. The Morgan fingerprint density at radius 1 is 0.970 bits per heavy atom. The Morgan fingerprint density at radius 3 is 2.33 bits per heavy atom.